The third-order valence-electron chi connectivity index (χ3n) is 3.23. The normalized spacial score (nSPS) is 17.4. The lowest BCUT2D eigenvalue weighted by atomic mass is 10.1. The van der Waals surface area contributed by atoms with Crippen LogP contribution < -0.4 is 5.32 Å². The topological polar surface area (TPSA) is 12.0 Å². The maximum Gasteiger partial charge on any atom is 0.0488 e. The van der Waals surface area contributed by atoms with E-state index in [1.54, 1.807) is 0 Å². The van der Waals surface area contributed by atoms with Gasteiger partial charge in [-0.1, -0.05) is 31.2 Å². The second-order valence-corrected chi connectivity index (χ2v) is 5.21. The van der Waals surface area contributed by atoms with Gasteiger partial charge >= 0.3 is 0 Å². The van der Waals surface area contributed by atoms with Gasteiger partial charge in [-0.3, -0.25) is 0 Å². The Morgan fingerprint density at radius 3 is 2.44 bits per heavy atom. The molecular weight excluding hydrogens is 218 g/mol. The minimum Gasteiger partial charge on any atom is -0.311 e. The molecule has 0 radical (unpaired) electrons. The van der Waals surface area contributed by atoms with Crippen LogP contribution in [0.1, 0.15) is 30.9 Å². The fourth-order valence-electron chi connectivity index (χ4n) is 1.87. The van der Waals surface area contributed by atoms with Crippen LogP contribution in [0, 0.1) is 5.92 Å². The van der Waals surface area contributed by atoms with Crippen molar-refractivity contribution in [1.29, 1.82) is 0 Å². The van der Waals surface area contributed by atoms with Crippen molar-refractivity contribution in [2.24, 2.45) is 5.92 Å². The lowest BCUT2D eigenvalue weighted by Gasteiger charge is -2.09. The Morgan fingerprint density at radius 1 is 1.25 bits per heavy atom. The molecule has 1 unspecified atom stereocenters. The Morgan fingerprint density at radius 2 is 1.88 bits per heavy atom. The predicted molar refractivity (Wildman–Crippen MR) is 69.9 cm³/mol. The van der Waals surface area contributed by atoms with E-state index in [1.807, 2.05) is 0 Å². The van der Waals surface area contributed by atoms with Crippen LogP contribution in [0.4, 0.5) is 0 Å². The molecule has 0 amide bonds. The zero-order valence-electron chi connectivity index (χ0n) is 9.88. The Hall–Kier alpha value is -0.530. The molecule has 1 nitrogen and oxygen atoms in total. The van der Waals surface area contributed by atoms with Crippen LogP contribution in [0.15, 0.2) is 24.3 Å². The molecule has 1 aliphatic rings. The van der Waals surface area contributed by atoms with E-state index in [4.69, 9.17) is 11.6 Å². The van der Waals surface area contributed by atoms with E-state index >= 15 is 0 Å². The number of nitrogens with one attached hydrogen (secondary N) is 1. The molecule has 0 saturated heterocycles. The highest BCUT2D eigenvalue weighted by Crippen LogP contribution is 2.35. The summed E-state index contributed by atoms with van der Waals surface area (Å²) >= 11 is 6.23. The molecule has 1 aliphatic carbocycles. The standard InChI is InChI=1S/C14H20ClN/c1-2-11-3-5-12(6-4-11)9-16-10-14(15)13-7-8-13/h3-6,13-14,16H,2,7-10H2,1H3. The van der Waals surface area contributed by atoms with Crippen molar-refractivity contribution >= 4 is 11.6 Å². The van der Waals surface area contributed by atoms with Gasteiger partial charge in [0.05, 0.1) is 0 Å². The highest BCUT2D eigenvalue weighted by Gasteiger charge is 2.28. The summed E-state index contributed by atoms with van der Waals surface area (Å²) in [6.45, 7) is 4.04. The highest BCUT2D eigenvalue weighted by atomic mass is 35.5. The Bertz CT molecular complexity index is 316. The number of hydrogen-bond acceptors (Lipinski definition) is 1. The third-order valence-corrected chi connectivity index (χ3v) is 3.74. The fraction of sp³-hybridized carbons (Fsp3) is 0.571. The molecule has 1 aromatic carbocycles. The van der Waals surface area contributed by atoms with Gasteiger partial charge in [0.25, 0.3) is 0 Å². The van der Waals surface area contributed by atoms with Crippen LogP contribution in [0.25, 0.3) is 0 Å². The second-order valence-electron chi connectivity index (χ2n) is 4.65. The van der Waals surface area contributed by atoms with Gasteiger partial charge < -0.3 is 5.32 Å². The second kappa shape index (κ2) is 5.70. The minimum absolute atomic E-state index is 0.329. The Kier molecular flexibility index (Phi) is 4.25. The number of aryl methyl sites for hydroxylation is 1. The molecule has 16 heavy (non-hydrogen) atoms. The molecule has 1 N–H and O–H groups in total. The first-order chi connectivity index (χ1) is 7.79. The van der Waals surface area contributed by atoms with E-state index in [9.17, 15) is 0 Å². The summed E-state index contributed by atoms with van der Waals surface area (Å²) in [5.74, 6) is 0.775. The summed E-state index contributed by atoms with van der Waals surface area (Å²) in [6, 6.07) is 8.81. The van der Waals surface area contributed by atoms with E-state index in [-0.39, 0.29) is 0 Å². The SMILES string of the molecule is CCc1ccc(CNCC(Cl)C2CC2)cc1. The van der Waals surface area contributed by atoms with E-state index in [2.05, 4.69) is 36.5 Å². The van der Waals surface area contributed by atoms with Gasteiger partial charge in [0, 0.05) is 18.5 Å². The lowest BCUT2D eigenvalue weighted by Crippen LogP contribution is -2.24. The number of benzene rings is 1. The molecule has 1 aromatic rings. The minimum atomic E-state index is 0.329. The zero-order chi connectivity index (χ0) is 11.4. The van der Waals surface area contributed by atoms with Crippen molar-refractivity contribution in [3.05, 3.63) is 35.4 Å². The summed E-state index contributed by atoms with van der Waals surface area (Å²) in [5.41, 5.74) is 2.74. The van der Waals surface area contributed by atoms with E-state index < -0.39 is 0 Å². The molecule has 2 heteroatoms. The summed E-state index contributed by atoms with van der Waals surface area (Å²) < 4.78 is 0. The third kappa shape index (κ3) is 3.50. The van der Waals surface area contributed by atoms with Gasteiger partial charge in [-0.2, -0.15) is 0 Å². The molecule has 88 valence electrons. The van der Waals surface area contributed by atoms with Crippen LogP contribution in [0.3, 0.4) is 0 Å². The number of alkyl halides is 1. The maximum atomic E-state index is 6.23. The van der Waals surface area contributed by atoms with Crippen molar-refractivity contribution in [3.63, 3.8) is 0 Å². The average molecular weight is 238 g/mol. The molecule has 0 spiro atoms. The van der Waals surface area contributed by atoms with Gasteiger partial charge in [0.15, 0.2) is 0 Å². The number of hydrogen-bond donors (Lipinski definition) is 1. The zero-order valence-corrected chi connectivity index (χ0v) is 10.6. The van der Waals surface area contributed by atoms with Crippen LogP contribution in [0.5, 0.6) is 0 Å². The first-order valence-corrected chi connectivity index (χ1v) is 6.66. The monoisotopic (exact) mass is 237 g/mol. The van der Waals surface area contributed by atoms with Crippen LogP contribution in [0.2, 0.25) is 0 Å². The summed E-state index contributed by atoms with van der Waals surface area (Å²) in [7, 11) is 0. The van der Waals surface area contributed by atoms with Crippen LogP contribution in [-0.2, 0) is 13.0 Å². The molecule has 2 rings (SSSR count). The van der Waals surface area contributed by atoms with E-state index in [1.165, 1.54) is 24.0 Å². The fourth-order valence-corrected chi connectivity index (χ4v) is 2.23. The maximum absolute atomic E-state index is 6.23. The first-order valence-electron chi connectivity index (χ1n) is 6.22. The summed E-state index contributed by atoms with van der Waals surface area (Å²) in [6.07, 6.45) is 3.75. The molecule has 1 fully saturated rings. The molecule has 1 saturated carbocycles. The van der Waals surface area contributed by atoms with Gasteiger partial charge in [-0.05, 0) is 36.3 Å². The van der Waals surface area contributed by atoms with Gasteiger partial charge in [0.1, 0.15) is 0 Å². The lowest BCUT2D eigenvalue weighted by molar-refractivity contribution is 0.620. The smallest absolute Gasteiger partial charge is 0.0488 e. The van der Waals surface area contributed by atoms with Crippen LogP contribution in [-0.4, -0.2) is 11.9 Å². The van der Waals surface area contributed by atoms with Crippen molar-refractivity contribution in [1.82, 2.24) is 5.32 Å². The molecule has 0 aromatic heterocycles. The largest absolute Gasteiger partial charge is 0.311 e. The quantitative estimate of drug-likeness (QED) is 0.749. The van der Waals surface area contributed by atoms with E-state index in [0.29, 0.717) is 5.38 Å². The molecule has 0 aliphatic heterocycles. The molecule has 0 heterocycles. The molecule has 0 bridgehead atoms. The van der Waals surface area contributed by atoms with Gasteiger partial charge in [-0.15, -0.1) is 11.6 Å². The Labute approximate surface area is 103 Å². The van der Waals surface area contributed by atoms with Crippen molar-refractivity contribution in [2.45, 2.75) is 38.1 Å². The highest BCUT2D eigenvalue weighted by molar-refractivity contribution is 6.21. The Balaban J connectivity index is 1.71. The average Bonchev–Trinajstić information content (AvgIpc) is 3.14. The predicted octanol–water partition coefficient (Wildman–Crippen LogP) is 3.36. The first kappa shape index (κ1) is 11.9. The van der Waals surface area contributed by atoms with Crippen molar-refractivity contribution in [2.75, 3.05) is 6.54 Å². The van der Waals surface area contributed by atoms with E-state index in [0.717, 1.165) is 25.4 Å². The number of rotatable bonds is 6. The van der Waals surface area contributed by atoms with Crippen molar-refractivity contribution in [3.8, 4) is 0 Å². The number of halogens is 1. The summed E-state index contributed by atoms with van der Waals surface area (Å²) in [4.78, 5) is 0. The van der Waals surface area contributed by atoms with Gasteiger partial charge in [-0.25, -0.2) is 0 Å². The van der Waals surface area contributed by atoms with Crippen LogP contribution >= 0.6 is 11.6 Å². The molecular formula is C14H20ClN. The van der Waals surface area contributed by atoms with Crippen molar-refractivity contribution < 1.29 is 0 Å². The molecule has 1 atom stereocenters. The van der Waals surface area contributed by atoms with Gasteiger partial charge in [0.2, 0.25) is 0 Å². The summed E-state index contributed by atoms with van der Waals surface area (Å²) in [5, 5.41) is 3.76.